The third kappa shape index (κ3) is 4.88. The second kappa shape index (κ2) is 8.56. The molecule has 6 nitrogen and oxygen atoms in total. The highest BCUT2D eigenvalue weighted by Crippen LogP contribution is 2.26. The first-order chi connectivity index (χ1) is 12.6. The van der Waals surface area contributed by atoms with Gasteiger partial charge in [-0.3, -0.25) is 9.59 Å². The highest BCUT2D eigenvalue weighted by Gasteiger charge is 2.16. The van der Waals surface area contributed by atoms with Crippen molar-refractivity contribution in [3.8, 4) is 5.75 Å². The molecule has 0 aliphatic carbocycles. The molecule has 1 aromatic rings. The lowest BCUT2D eigenvalue weighted by atomic mass is 10.0. The van der Waals surface area contributed by atoms with Crippen LogP contribution >= 0.6 is 0 Å². The van der Waals surface area contributed by atoms with Crippen LogP contribution in [0.15, 0.2) is 42.7 Å². The zero-order valence-electron chi connectivity index (χ0n) is 14.9. The van der Waals surface area contributed by atoms with Gasteiger partial charge >= 0.3 is 0 Å². The summed E-state index contributed by atoms with van der Waals surface area (Å²) in [5.41, 5.74) is 1.95. The lowest BCUT2D eigenvalue weighted by Gasteiger charge is -2.23. The molecule has 0 fully saturated rings. The van der Waals surface area contributed by atoms with Crippen molar-refractivity contribution < 1.29 is 19.1 Å². The van der Waals surface area contributed by atoms with Crippen LogP contribution in [0.5, 0.6) is 5.75 Å². The van der Waals surface area contributed by atoms with E-state index in [9.17, 15) is 9.59 Å². The number of allylic oxidation sites excluding steroid dienone is 2. The summed E-state index contributed by atoms with van der Waals surface area (Å²) in [4.78, 5) is 25.2. The van der Waals surface area contributed by atoms with E-state index in [4.69, 9.17) is 9.47 Å². The van der Waals surface area contributed by atoms with E-state index in [1.807, 2.05) is 36.4 Å². The van der Waals surface area contributed by atoms with E-state index < -0.39 is 0 Å². The number of aryl methyl sites for hydroxylation is 1. The summed E-state index contributed by atoms with van der Waals surface area (Å²) in [6.45, 7) is 1.02. The minimum Gasteiger partial charge on any atom is -0.494 e. The Hall–Kier alpha value is -2.76. The maximum atomic E-state index is 12.2. The molecule has 0 saturated heterocycles. The zero-order chi connectivity index (χ0) is 18.4. The van der Waals surface area contributed by atoms with Gasteiger partial charge in [0.05, 0.1) is 19.4 Å². The van der Waals surface area contributed by atoms with Crippen molar-refractivity contribution in [2.45, 2.75) is 31.8 Å². The number of nitrogens with zero attached hydrogens (tertiary/aromatic N) is 1. The molecule has 2 amide bonds. The molecule has 1 N–H and O–H groups in total. The SMILES string of the molecule is CN(CC1C=CC=CO1)C(=O)CCCOc1ccc2c(c1)CCC(=O)N2. The Morgan fingerprint density at radius 1 is 1.35 bits per heavy atom. The average molecular weight is 356 g/mol. The monoisotopic (exact) mass is 356 g/mol. The molecule has 0 spiro atoms. The average Bonchev–Trinajstić information content (AvgIpc) is 2.65. The van der Waals surface area contributed by atoms with Crippen LogP contribution in [0.25, 0.3) is 0 Å². The summed E-state index contributed by atoms with van der Waals surface area (Å²) in [5, 5.41) is 2.85. The standard InChI is InChI=1S/C20H24N2O4/c1-22(14-17-5-2-3-11-26-17)20(24)6-4-12-25-16-8-9-18-15(13-16)7-10-19(23)21-18/h2-3,5,8-9,11,13,17H,4,6-7,10,12,14H2,1H3,(H,21,23). The number of ether oxygens (including phenoxy) is 2. The predicted octanol–water partition coefficient (Wildman–Crippen LogP) is 2.66. The maximum Gasteiger partial charge on any atom is 0.224 e. The lowest BCUT2D eigenvalue weighted by Crippen LogP contribution is -2.34. The lowest BCUT2D eigenvalue weighted by molar-refractivity contribution is -0.131. The fraction of sp³-hybridized carbons (Fsp3) is 0.400. The largest absolute Gasteiger partial charge is 0.494 e. The molecular weight excluding hydrogens is 332 g/mol. The molecular formula is C20H24N2O4. The maximum absolute atomic E-state index is 12.2. The number of anilines is 1. The van der Waals surface area contributed by atoms with Gasteiger partial charge < -0.3 is 19.7 Å². The summed E-state index contributed by atoms with van der Waals surface area (Å²) in [6, 6.07) is 5.68. The third-order valence-electron chi connectivity index (χ3n) is 4.42. The van der Waals surface area contributed by atoms with Gasteiger partial charge in [0.1, 0.15) is 11.9 Å². The van der Waals surface area contributed by atoms with E-state index in [1.54, 1.807) is 18.2 Å². The molecule has 26 heavy (non-hydrogen) atoms. The normalized spacial score (nSPS) is 17.9. The summed E-state index contributed by atoms with van der Waals surface area (Å²) in [5.74, 6) is 0.903. The van der Waals surface area contributed by atoms with Crippen LogP contribution in [0.1, 0.15) is 24.8 Å². The quantitative estimate of drug-likeness (QED) is 0.763. The fourth-order valence-corrected chi connectivity index (χ4v) is 2.95. The molecule has 0 radical (unpaired) electrons. The van der Waals surface area contributed by atoms with Gasteiger partial charge in [0.15, 0.2) is 0 Å². The van der Waals surface area contributed by atoms with Crippen molar-refractivity contribution in [1.82, 2.24) is 4.90 Å². The van der Waals surface area contributed by atoms with Crippen LogP contribution in [0.4, 0.5) is 5.69 Å². The number of hydrogen-bond donors (Lipinski definition) is 1. The van der Waals surface area contributed by atoms with Gasteiger partial charge in [0.25, 0.3) is 0 Å². The first-order valence-corrected chi connectivity index (χ1v) is 8.90. The van der Waals surface area contributed by atoms with E-state index in [0.717, 1.165) is 23.4 Å². The van der Waals surface area contributed by atoms with Crippen molar-refractivity contribution in [3.63, 3.8) is 0 Å². The van der Waals surface area contributed by atoms with Crippen LogP contribution < -0.4 is 10.1 Å². The highest BCUT2D eigenvalue weighted by molar-refractivity contribution is 5.94. The number of carbonyl (C=O) groups is 2. The summed E-state index contributed by atoms with van der Waals surface area (Å²) in [7, 11) is 1.79. The van der Waals surface area contributed by atoms with Crippen molar-refractivity contribution in [1.29, 1.82) is 0 Å². The second-order valence-corrected chi connectivity index (χ2v) is 6.48. The number of rotatable bonds is 7. The van der Waals surface area contributed by atoms with Crippen molar-refractivity contribution in [3.05, 3.63) is 48.3 Å². The fourth-order valence-electron chi connectivity index (χ4n) is 2.95. The Morgan fingerprint density at radius 2 is 2.23 bits per heavy atom. The predicted molar refractivity (Wildman–Crippen MR) is 98.9 cm³/mol. The number of likely N-dealkylation sites (N-methyl/N-ethyl adjacent to an activating group) is 1. The molecule has 138 valence electrons. The molecule has 0 aromatic heterocycles. The van der Waals surface area contributed by atoms with Gasteiger partial charge in [0.2, 0.25) is 11.8 Å². The van der Waals surface area contributed by atoms with E-state index in [0.29, 0.717) is 32.4 Å². The van der Waals surface area contributed by atoms with Crippen molar-refractivity contribution in [2.24, 2.45) is 0 Å². The third-order valence-corrected chi connectivity index (χ3v) is 4.42. The molecule has 2 aliphatic rings. The molecule has 3 rings (SSSR count). The Balaban J connectivity index is 1.38. The van der Waals surface area contributed by atoms with Crippen LogP contribution in [0, 0.1) is 0 Å². The van der Waals surface area contributed by atoms with Crippen LogP contribution in [0.2, 0.25) is 0 Å². The molecule has 2 aliphatic heterocycles. The Labute approximate surface area is 153 Å². The number of amides is 2. The van der Waals surface area contributed by atoms with Gasteiger partial charge in [-0.05, 0) is 48.8 Å². The Bertz CT molecular complexity index is 727. The number of fused-ring (bicyclic) bond motifs is 1. The summed E-state index contributed by atoms with van der Waals surface area (Å²) >= 11 is 0. The van der Waals surface area contributed by atoms with Gasteiger partial charge in [-0.1, -0.05) is 6.08 Å². The van der Waals surface area contributed by atoms with E-state index in [1.165, 1.54) is 0 Å². The van der Waals surface area contributed by atoms with E-state index in [-0.39, 0.29) is 17.9 Å². The smallest absolute Gasteiger partial charge is 0.224 e. The summed E-state index contributed by atoms with van der Waals surface area (Å²) in [6.07, 6.45) is 9.56. The topological polar surface area (TPSA) is 67.9 Å². The molecule has 1 aromatic carbocycles. The number of benzene rings is 1. The Kier molecular flexibility index (Phi) is 5.94. The zero-order valence-corrected chi connectivity index (χ0v) is 14.9. The van der Waals surface area contributed by atoms with Gasteiger partial charge in [-0.15, -0.1) is 0 Å². The molecule has 0 saturated carbocycles. The van der Waals surface area contributed by atoms with Crippen molar-refractivity contribution in [2.75, 3.05) is 25.5 Å². The molecule has 1 atom stereocenters. The van der Waals surface area contributed by atoms with Gasteiger partial charge in [0, 0.05) is 25.6 Å². The summed E-state index contributed by atoms with van der Waals surface area (Å²) < 4.78 is 11.2. The van der Waals surface area contributed by atoms with Crippen LogP contribution in [-0.4, -0.2) is 43.0 Å². The second-order valence-electron chi connectivity index (χ2n) is 6.48. The molecule has 2 heterocycles. The van der Waals surface area contributed by atoms with Crippen molar-refractivity contribution >= 4 is 17.5 Å². The first kappa shape index (κ1) is 18.0. The molecule has 6 heteroatoms. The highest BCUT2D eigenvalue weighted by atomic mass is 16.5. The van der Waals surface area contributed by atoms with Crippen LogP contribution in [-0.2, 0) is 20.7 Å². The number of carbonyl (C=O) groups excluding carboxylic acids is 2. The van der Waals surface area contributed by atoms with E-state index >= 15 is 0 Å². The van der Waals surface area contributed by atoms with E-state index in [2.05, 4.69) is 5.32 Å². The minimum atomic E-state index is -0.0822. The van der Waals surface area contributed by atoms with Gasteiger partial charge in [-0.25, -0.2) is 0 Å². The minimum absolute atomic E-state index is 0.0546. The van der Waals surface area contributed by atoms with Gasteiger partial charge in [-0.2, -0.15) is 0 Å². The van der Waals surface area contributed by atoms with Crippen LogP contribution in [0.3, 0.4) is 0 Å². The first-order valence-electron chi connectivity index (χ1n) is 8.90. The number of hydrogen-bond acceptors (Lipinski definition) is 4. The number of nitrogens with one attached hydrogen (secondary N) is 1. The molecule has 0 bridgehead atoms. The Morgan fingerprint density at radius 3 is 3.04 bits per heavy atom. The molecule has 1 unspecified atom stereocenters.